The van der Waals surface area contributed by atoms with E-state index in [1.54, 1.807) is 13.8 Å². The van der Waals surface area contributed by atoms with Gasteiger partial charge in [-0.05, 0) is 18.8 Å². The summed E-state index contributed by atoms with van der Waals surface area (Å²) in [4.78, 5) is 39.2. The zero-order valence-electron chi connectivity index (χ0n) is 12.4. The van der Waals surface area contributed by atoms with Crippen LogP contribution < -0.4 is 0 Å². The molecule has 1 aromatic rings. The Bertz CT molecular complexity index is 691. The average Bonchev–Trinajstić information content (AvgIpc) is 2.88. The first-order valence-electron chi connectivity index (χ1n) is 6.67. The lowest BCUT2D eigenvalue weighted by molar-refractivity contribution is -0.392. The van der Waals surface area contributed by atoms with Gasteiger partial charge in [-0.3, -0.25) is 9.59 Å². The van der Waals surface area contributed by atoms with Gasteiger partial charge in [0.25, 0.3) is 5.91 Å². The molecule has 0 radical (unpaired) electrons. The lowest BCUT2D eigenvalue weighted by atomic mass is 10.1. The zero-order chi connectivity index (χ0) is 16.6. The van der Waals surface area contributed by atoms with E-state index in [0.717, 1.165) is 6.20 Å². The van der Waals surface area contributed by atoms with Gasteiger partial charge in [0.15, 0.2) is 11.6 Å². The van der Waals surface area contributed by atoms with Gasteiger partial charge in [0, 0.05) is 6.92 Å². The number of nitrogens with zero attached hydrogens (tertiary/aromatic N) is 4. The first-order chi connectivity index (χ1) is 10.3. The molecule has 118 valence electrons. The van der Waals surface area contributed by atoms with Crippen LogP contribution in [0.3, 0.4) is 0 Å². The van der Waals surface area contributed by atoms with Crippen LogP contribution in [0, 0.1) is 17.0 Å². The number of hydrogen-bond acceptors (Lipinski definition) is 6. The second-order valence-electron chi connectivity index (χ2n) is 5.06. The van der Waals surface area contributed by atoms with Crippen molar-refractivity contribution in [3.8, 4) is 0 Å². The molecule has 0 aliphatic carbocycles. The Kier molecular flexibility index (Phi) is 3.98. The van der Waals surface area contributed by atoms with Gasteiger partial charge in [-0.1, -0.05) is 0 Å². The van der Waals surface area contributed by atoms with Crippen LogP contribution in [-0.4, -0.2) is 48.8 Å². The largest absolute Gasteiger partial charge is 0.509 e. The normalized spacial score (nSPS) is 18.2. The fourth-order valence-electron chi connectivity index (χ4n) is 2.50. The van der Waals surface area contributed by atoms with Crippen LogP contribution in [0.1, 0.15) is 19.7 Å². The SMILES string of the molecule is CC(=O)C1=C(O)C(C)N(CCn2c([N+](=O)[O-])cnc2C)C1=O. The van der Waals surface area contributed by atoms with Crippen LogP contribution in [0.2, 0.25) is 0 Å². The first kappa shape index (κ1) is 15.7. The molecule has 0 saturated carbocycles. The molecule has 2 rings (SSSR count). The Morgan fingerprint density at radius 2 is 2.14 bits per heavy atom. The fraction of sp³-hybridized carbons (Fsp3) is 0.462. The molecule has 9 nitrogen and oxygen atoms in total. The van der Waals surface area contributed by atoms with E-state index in [1.165, 1.54) is 16.4 Å². The van der Waals surface area contributed by atoms with Gasteiger partial charge in [0.05, 0.1) is 12.6 Å². The number of aryl methyl sites for hydroxylation is 1. The van der Waals surface area contributed by atoms with Crippen molar-refractivity contribution in [1.29, 1.82) is 0 Å². The molecule has 22 heavy (non-hydrogen) atoms. The van der Waals surface area contributed by atoms with Crippen LogP contribution >= 0.6 is 0 Å². The van der Waals surface area contributed by atoms with E-state index in [1.807, 2.05) is 0 Å². The summed E-state index contributed by atoms with van der Waals surface area (Å²) in [5, 5.41) is 20.8. The minimum absolute atomic E-state index is 0.124. The molecular formula is C13H16N4O5. The third-order valence-corrected chi connectivity index (χ3v) is 3.73. The van der Waals surface area contributed by atoms with Gasteiger partial charge in [-0.25, -0.2) is 9.55 Å². The van der Waals surface area contributed by atoms with Crippen LogP contribution in [0.5, 0.6) is 0 Å². The minimum atomic E-state index is -0.630. The van der Waals surface area contributed by atoms with Crippen molar-refractivity contribution in [2.24, 2.45) is 0 Å². The van der Waals surface area contributed by atoms with Crippen LogP contribution in [0.25, 0.3) is 0 Å². The Morgan fingerprint density at radius 3 is 2.64 bits per heavy atom. The van der Waals surface area contributed by atoms with Crippen LogP contribution in [0.4, 0.5) is 5.82 Å². The summed E-state index contributed by atoms with van der Waals surface area (Å²) in [5.41, 5.74) is -0.218. The highest BCUT2D eigenvalue weighted by atomic mass is 16.6. The maximum absolute atomic E-state index is 12.2. The number of carbonyl (C=O) groups excluding carboxylic acids is 2. The van der Waals surface area contributed by atoms with E-state index in [-0.39, 0.29) is 30.2 Å². The summed E-state index contributed by atoms with van der Waals surface area (Å²) in [6.45, 7) is 4.71. The lowest BCUT2D eigenvalue weighted by Crippen LogP contribution is -2.37. The highest BCUT2D eigenvalue weighted by Crippen LogP contribution is 2.25. The molecular weight excluding hydrogens is 292 g/mol. The molecule has 9 heteroatoms. The number of Topliss-reactive ketones (excluding diaryl/α,β-unsaturated/α-hetero) is 1. The summed E-state index contributed by atoms with van der Waals surface area (Å²) in [5.74, 6) is -1.02. The molecule has 0 fully saturated rings. The van der Waals surface area contributed by atoms with Crippen molar-refractivity contribution in [3.63, 3.8) is 0 Å². The molecule has 1 N–H and O–H groups in total. The topological polar surface area (TPSA) is 119 Å². The molecule has 1 unspecified atom stereocenters. The predicted molar refractivity (Wildman–Crippen MR) is 75.1 cm³/mol. The molecule has 0 bridgehead atoms. The number of imidazole rings is 1. The number of rotatable bonds is 5. The third kappa shape index (κ3) is 2.45. The van der Waals surface area contributed by atoms with E-state index >= 15 is 0 Å². The van der Waals surface area contributed by atoms with Crippen molar-refractivity contribution in [2.45, 2.75) is 33.4 Å². The van der Waals surface area contributed by atoms with Crippen molar-refractivity contribution in [1.82, 2.24) is 14.5 Å². The molecule has 1 atom stereocenters. The molecule has 1 amide bonds. The van der Waals surface area contributed by atoms with E-state index in [9.17, 15) is 24.8 Å². The summed E-state index contributed by atoms with van der Waals surface area (Å²) >= 11 is 0. The number of carbonyl (C=O) groups is 2. The quantitative estimate of drug-likeness (QED) is 0.486. The van der Waals surface area contributed by atoms with Crippen LogP contribution in [-0.2, 0) is 16.1 Å². The highest BCUT2D eigenvalue weighted by molar-refractivity contribution is 6.20. The van der Waals surface area contributed by atoms with Crippen molar-refractivity contribution >= 4 is 17.5 Å². The molecule has 2 heterocycles. The average molecular weight is 308 g/mol. The van der Waals surface area contributed by atoms with Gasteiger partial charge < -0.3 is 20.1 Å². The lowest BCUT2D eigenvalue weighted by Gasteiger charge is -2.21. The molecule has 0 saturated heterocycles. The van der Waals surface area contributed by atoms with Gasteiger partial charge in [0.2, 0.25) is 0 Å². The summed E-state index contributed by atoms with van der Waals surface area (Å²) < 4.78 is 1.38. The van der Waals surface area contributed by atoms with E-state index in [2.05, 4.69) is 4.98 Å². The number of aliphatic hydroxyl groups is 1. The van der Waals surface area contributed by atoms with E-state index in [4.69, 9.17) is 0 Å². The Morgan fingerprint density at radius 1 is 1.50 bits per heavy atom. The van der Waals surface area contributed by atoms with Crippen LogP contribution in [0.15, 0.2) is 17.5 Å². The van der Waals surface area contributed by atoms with Gasteiger partial charge in [0.1, 0.15) is 24.1 Å². The second-order valence-corrected chi connectivity index (χ2v) is 5.06. The monoisotopic (exact) mass is 308 g/mol. The molecule has 0 aromatic carbocycles. The Labute approximate surface area is 126 Å². The molecule has 1 aliphatic rings. The number of nitro groups is 1. The number of hydrogen-bond donors (Lipinski definition) is 1. The van der Waals surface area contributed by atoms with Crippen molar-refractivity contribution in [2.75, 3.05) is 6.54 Å². The number of aromatic nitrogens is 2. The highest BCUT2D eigenvalue weighted by Gasteiger charge is 2.39. The maximum atomic E-state index is 12.2. The maximum Gasteiger partial charge on any atom is 0.342 e. The predicted octanol–water partition coefficient (Wildman–Crippen LogP) is 0.732. The summed E-state index contributed by atoms with van der Waals surface area (Å²) in [6.07, 6.45) is 1.15. The van der Waals surface area contributed by atoms with Crippen molar-refractivity contribution in [3.05, 3.63) is 33.5 Å². The zero-order valence-corrected chi connectivity index (χ0v) is 12.4. The molecule has 1 aliphatic heterocycles. The molecule has 1 aromatic heterocycles. The second kappa shape index (κ2) is 5.58. The van der Waals surface area contributed by atoms with E-state index < -0.39 is 22.7 Å². The Balaban J connectivity index is 2.18. The number of ketones is 1. The molecule has 0 spiro atoms. The smallest absolute Gasteiger partial charge is 0.342 e. The first-order valence-corrected chi connectivity index (χ1v) is 6.67. The van der Waals surface area contributed by atoms with Gasteiger partial charge in [-0.2, -0.15) is 0 Å². The summed E-state index contributed by atoms with van der Waals surface area (Å²) in [6, 6.07) is -0.630. The number of aliphatic hydroxyl groups excluding tert-OH is 1. The third-order valence-electron chi connectivity index (χ3n) is 3.73. The fourth-order valence-corrected chi connectivity index (χ4v) is 2.50. The number of amides is 1. The standard InChI is InChI=1S/C13H16N4O5/c1-7-12(19)11(8(2)18)13(20)15(7)4-5-16-9(3)14-6-10(16)17(21)22/h6-7,19H,4-5H2,1-3H3. The summed E-state index contributed by atoms with van der Waals surface area (Å²) in [7, 11) is 0. The van der Waals surface area contributed by atoms with Crippen molar-refractivity contribution < 1.29 is 19.6 Å². The minimum Gasteiger partial charge on any atom is -0.509 e. The van der Waals surface area contributed by atoms with E-state index in [0.29, 0.717) is 5.82 Å². The Hall–Kier alpha value is -2.71. The van der Waals surface area contributed by atoms with Gasteiger partial charge in [-0.15, -0.1) is 0 Å². The van der Waals surface area contributed by atoms with Gasteiger partial charge >= 0.3 is 5.82 Å².